The highest BCUT2D eigenvalue weighted by Gasteiger charge is 2.17. The average Bonchev–Trinajstić information content (AvgIpc) is 2.26. The number of rotatable bonds is 4. The van der Waals surface area contributed by atoms with Gasteiger partial charge in [0.25, 0.3) is 5.91 Å². The summed E-state index contributed by atoms with van der Waals surface area (Å²) in [6, 6.07) is 7.53. The van der Waals surface area contributed by atoms with Crippen LogP contribution in [0.2, 0.25) is 0 Å². The standard InChI is InChI=1S/C11H12NO3/c1-2-9(11(14)15)12-10(13)8-6-4-3-5-7-8/h3-7,9H,1-2H2,(H,12,13)(H,14,15). The number of amides is 1. The lowest BCUT2D eigenvalue weighted by Crippen LogP contribution is -2.40. The van der Waals surface area contributed by atoms with E-state index in [1.54, 1.807) is 30.3 Å². The van der Waals surface area contributed by atoms with E-state index in [2.05, 4.69) is 12.2 Å². The first-order valence-corrected chi connectivity index (χ1v) is 4.53. The molecule has 1 atom stereocenters. The Hall–Kier alpha value is -1.84. The third-order valence-corrected chi connectivity index (χ3v) is 1.93. The second kappa shape index (κ2) is 5.14. The summed E-state index contributed by atoms with van der Waals surface area (Å²) in [5.74, 6) is -1.47. The lowest BCUT2D eigenvalue weighted by atomic mass is 10.2. The Morgan fingerprint density at radius 3 is 2.40 bits per heavy atom. The molecule has 79 valence electrons. The van der Waals surface area contributed by atoms with Crippen molar-refractivity contribution in [2.24, 2.45) is 0 Å². The largest absolute Gasteiger partial charge is 0.480 e. The molecule has 1 aromatic rings. The number of hydrogen-bond donors (Lipinski definition) is 2. The Kier molecular flexibility index (Phi) is 3.85. The summed E-state index contributed by atoms with van der Waals surface area (Å²) in [4.78, 5) is 22.2. The van der Waals surface area contributed by atoms with E-state index in [4.69, 9.17) is 5.11 Å². The van der Waals surface area contributed by atoms with Crippen molar-refractivity contribution in [3.63, 3.8) is 0 Å². The maximum Gasteiger partial charge on any atom is 0.326 e. The maximum atomic E-state index is 11.5. The van der Waals surface area contributed by atoms with Crippen molar-refractivity contribution in [1.82, 2.24) is 5.32 Å². The van der Waals surface area contributed by atoms with E-state index in [0.717, 1.165) is 0 Å². The monoisotopic (exact) mass is 206 g/mol. The number of carboxylic acids is 1. The molecule has 1 amide bonds. The predicted octanol–water partition coefficient (Wildman–Crippen LogP) is 1.09. The van der Waals surface area contributed by atoms with Gasteiger partial charge in [-0.15, -0.1) is 0 Å². The SMILES string of the molecule is [CH2]CC(NC(=O)c1ccccc1)C(=O)O. The Bertz CT molecular complexity index is 348. The number of carboxylic acid groups (broad SMARTS) is 1. The van der Waals surface area contributed by atoms with Crippen LogP contribution in [0, 0.1) is 6.92 Å². The van der Waals surface area contributed by atoms with Crippen LogP contribution >= 0.6 is 0 Å². The van der Waals surface area contributed by atoms with E-state index in [-0.39, 0.29) is 6.42 Å². The molecule has 4 nitrogen and oxygen atoms in total. The first-order valence-electron chi connectivity index (χ1n) is 4.53. The van der Waals surface area contributed by atoms with E-state index in [1.165, 1.54) is 0 Å². The molecule has 0 saturated carbocycles. The molecule has 0 fully saturated rings. The van der Waals surface area contributed by atoms with Crippen LogP contribution in [0.25, 0.3) is 0 Å². The van der Waals surface area contributed by atoms with Crippen LogP contribution in [0.4, 0.5) is 0 Å². The lowest BCUT2D eigenvalue weighted by molar-refractivity contribution is -0.139. The minimum atomic E-state index is -1.07. The molecule has 1 unspecified atom stereocenters. The lowest BCUT2D eigenvalue weighted by Gasteiger charge is -2.11. The fourth-order valence-electron chi connectivity index (χ4n) is 1.09. The van der Waals surface area contributed by atoms with E-state index >= 15 is 0 Å². The second-order valence-electron chi connectivity index (χ2n) is 3.02. The second-order valence-corrected chi connectivity index (χ2v) is 3.02. The molecule has 4 heteroatoms. The molecular weight excluding hydrogens is 194 g/mol. The van der Waals surface area contributed by atoms with Gasteiger partial charge in [-0.25, -0.2) is 4.79 Å². The molecule has 1 aromatic carbocycles. The van der Waals surface area contributed by atoms with Gasteiger partial charge in [-0.05, 0) is 18.6 Å². The number of carbonyl (C=O) groups is 2. The van der Waals surface area contributed by atoms with Gasteiger partial charge in [0.2, 0.25) is 0 Å². The summed E-state index contributed by atoms with van der Waals surface area (Å²) in [6.07, 6.45) is 0.119. The van der Waals surface area contributed by atoms with Crippen LogP contribution in [-0.2, 0) is 4.79 Å². The van der Waals surface area contributed by atoms with Gasteiger partial charge in [-0.1, -0.05) is 25.1 Å². The smallest absolute Gasteiger partial charge is 0.326 e. The Labute approximate surface area is 87.9 Å². The number of hydrogen-bond acceptors (Lipinski definition) is 2. The normalized spacial score (nSPS) is 11.8. The fraction of sp³-hybridized carbons (Fsp3) is 0.182. The van der Waals surface area contributed by atoms with Crippen LogP contribution in [0.5, 0.6) is 0 Å². The summed E-state index contributed by atoms with van der Waals surface area (Å²) in [5.41, 5.74) is 0.442. The average molecular weight is 206 g/mol. The van der Waals surface area contributed by atoms with Crippen molar-refractivity contribution in [3.05, 3.63) is 42.8 Å². The highest BCUT2D eigenvalue weighted by atomic mass is 16.4. The van der Waals surface area contributed by atoms with Crippen molar-refractivity contribution >= 4 is 11.9 Å². The zero-order chi connectivity index (χ0) is 11.3. The first kappa shape index (κ1) is 11.2. The summed E-state index contributed by atoms with van der Waals surface area (Å²) >= 11 is 0. The molecule has 0 aromatic heterocycles. The molecule has 0 aliphatic carbocycles. The summed E-state index contributed by atoms with van der Waals surface area (Å²) in [6.45, 7) is 3.46. The van der Waals surface area contributed by atoms with Gasteiger partial charge in [-0.2, -0.15) is 0 Å². The van der Waals surface area contributed by atoms with Crippen molar-refractivity contribution < 1.29 is 14.7 Å². The Balaban J connectivity index is 2.67. The third kappa shape index (κ3) is 3.09. The summed E-state index contributed by atoms with van der Waals surface area (Å²) in [5, 5.41) is 11.1. The molecule has 0 aliphatic heterocycles. The Morgan fingerprint density at radius 2 is 1.93 bits per heavy atom. The van der Waals surface area contributed by atoms with Gasteiger partial charge < -0.3 is 10.4 Å². The molecule has 1 rings (SSSR count). The molecule has 0 spiro atoms. The molecule has 0 heterocycles. The molecule has 0 aliphatic rings. The van der Waals surface area contributed by atoms with Crippen molar-refractivity contribution in [3.8, 4) is 0 Å². The molecule has 1 radical (unpaired) electrons. The van der Waals surface area contributed by atoms with Crippen molar-refractivity contribution in [1.29, 1.82) is 0 Å². The molecule has 0 saturated heterocycles. The number of aliphatic carboxylic acids is 1. The minimum Gasteiger partial charge on any atom is -0.480 e. The van der Waals surface area contributed by atoms with Crippen LogP contribution in [-0.4, -0.2) is 23.0 Å². The quantitative estimate of drug-likeness (QED) is 0.775. The van der Waals surface area contributed by atoms with Crippen LogP contribution in [0.3, 0.4) is 0 Å². The highest BCUT2D eigenvalue weighted by molar-refractivity contribution is 5.96. The zero-order valence-corrected chi connectivity index (χ0v) is 8.14. The number of carbonyl (C=O) groups excluding carboxylic acids is 1. The molecular formula is C11H12NO3. The highest BCUT2D eigenvalue weighted by Crippen LogP contribution is 2.00. The van der Waals surface area contributed by atoms with Gasteiger partial charge in [0.05, 0.1) is 0 Å². The molecule has 0 bridgehead atoms. The van der Waals surface area contributed by atoms with Crippen molar-refractivity contribution in [2.75, 3.05) is 0 Å². The fourth-order valence-corrected chi connectivity index (χ4v) is 1.09. The molecule has 2 N–H and O–H groups in total. The predicted molar refractivity (Wildman–Crippen MR) is 55.3 cm³/mol. The van der Waals surface area contributed by atoms with E-state index in [0.29, 0.717) is 5.56 Å². The van der Waals surface area contributed by atoms with Crippen LogP contribution < -0.4 is 5.32 Å². The molecule has 15 heavy (non-hydrogen) atoms. The maximum absolute atomic E-state index is 11.5. The van der Waals surface area contributed by atoms with Crippen LogP contribution in [0.1, 0.15) is 16.8 Å². The van der Waals surface area contributed by atoms with E-state index < -0.39 is 17.9 Å². The van der Waals surface area contributed by atoms with Gasteiger partial charge in [0, 0.05) is 5.56 Å². The third-order valence-electron chi connectivity index (χ3n) is 1.93. The van der Waals surface area contributed by atoms with Gasteiger partial charge >= 0.3 is 5.97 Å². The Morgan fingerprint density at radius 1 is 1.33 bits per heavy atom. The van der Waals surface area contributed by atoms with E-state index in [1.807, 2.05) is 0 Å². The summed E-state index contributed by atoms with van der Waals surface area (Å²) < 4.78 is 0. The number of benzene rings is 1. The van der Waals surface area contributed by atoms with Crippen molar-refractivity contribution in [2.45, 2.75) is 12.5 Å². The minimum absolute atomic E-state index is 0.119. The van der Waals surface area contributed by atoms with Crippen LogP contribution in [0.15, 0.2) is 30.3 Å². The topological polar surface area (TPSA) is 66.4 Å². The van der Waals surface area contributed by atoms with E-state index in [9.17, 15) is 9.59 Å². The number of nitrogens with one attached hydrogen (secondary N) is 1. The van der Waals surface area contributed by atoms with Gasteiger partial charge in [0.15, 0.2) is 0 Å². The van der Waals surface area contributed by atoms with Gasteiger partial charge in [-0.3, -0.25) is 4.79 Å². The summed E-state index contributed by atoms with van der Waals surface area (Å²) in [7, 11) is 0. The van der Waals surface area contributed by atoms with Gasteiger partial charge in [0.1, 0.15) is 6.04 Å². The zero-order valence-electron chi connectivity index (χ0n) is 8.14. The first-order chi connectivity index (χ1) is 7.15.